The van der Waals surface area contributed by atoms with Crippen molar-refractivity contribution in [3.8, 4) is 0 Å². The van der Waals surface area contributed by atoms with Crippen LogP contribution >= 0.6 is 11.6 Å². The largest absolute Gasteiger partial charge is 0.341 e. The van der Waals surface area contributed by atoms with Crippen molar-refractivity contribution in [2.75, 3.05) is 6.54 Å². The van der Waals surface area contributed by atoms with Gasteiger partial charge in [0, 0.05) is 41.0 Å². The molecule has 1 fully saturated rings. The molecule has 3 aliphatic heterocycles. The van der Waals surface area contributed by atoms with E-state index in [1.807, 2.05) is 18.3 Å². The number of fused-ring (bicyclic) bond motifs is 5. The highest BCUT2D eigenvalue weighted by molar-refractivity contribution is 6.30. The normalized spacial score (nSPS) is 32.2. The number of halogens is 1. The molecule has 0 amide bonds. The number of allylic oxidation sites excluding steroid dienone is 5. The Labute approximate surface area is 178 Å². The molecule has 3 heterocycles. The second kappa shape index (κ2) is 7.02. The van der Waals surface area contributed by atoms with Crippen molar-refractivity contribution in [2.45, 2.75) is 44.6 Å². The van der Waals surface area contributed by atoms with Gasteiger partial charge in [0.2, 0.25) is 0 Å². The number of rotatable bonds is 2. The highest BCUT2D eigenvalue weighted by atomic mass is 35.5. The van der Waals surface area contributed by atoms with E-state index in [1.165, 1.54) is 42.5 Å². The van der Waals surface area contributed by atoms with E-state index in [0.717, 1.165) is 24.4 Å². The second-order valence-electron chi connectivity index (χ2n) is 9.11. The molecule has 2 nitrogen and oxygen atoms in total. The van der Waals surface area contributed by atoms with E-state index in [9.17, 15) is 0 Å². The molecule has 0 spiro atoms. The molecule has 1 aromatic carbocycles. The molecule has 2 unspecified atom stereocenters. The summed E-state index contributed by atoms with van der Waals surface area (Å²) in [6.45, 7) is 0.966. The minimum atomic E-state index is 0.520. The van der Waals surface area contributed by atoms with Crippen molar-refractivity contribution in [2.24, 2.45) is 22.7 Å². The maximum atomic E-state index is 6.12. The van der Waals surface area contributed by atoms with E-state index >= 15 is 0 Å². The molecule has 6 rings (SSSR count). The third-order valence-electron chi connectivity index (χ3n) is 7.62. The lowest BCUT2D eigenvalue weighted by Gasteiger charge is -2.37. The van der Waals surface area contributed by atoms with Crippen LogP contribution < -0.4 is 0 Å². The Morgan fingerprint density at radius 3 is 2.86 bits per heavy atom. The van der Waals surface area contributed by atoms with E-state index in [2.05, 4.69) is 46.3 Å². The molecule has 148 valence electrons. The van der Waals surface area contributed by atoms with Crippen molar-refractivity contribution in [1.29, 1.82) is 0 Å². The summed E-state index contributed by atoms with van der Waals surface area (Å²) in [5.41, 5.74) is 7.84. The fraction of sp³-hybridized carbons (Fsp3) is 0.423. The third kappa shape index (κ3) is 2.87. The Hall–Kier alpha value is -2.06. The van der Waals surface area contributed by atoms with Crippen LogP contribution in [0.5, 0.6) is 0 Å². The molecule has 5 aliphatic rings. The van der Waals surface area contributed by atoms with Gasteiger partial charge in [-0.1, -0.05) is 42.0 Å². The number of hydrogen-bond acceptors (Lipinski definition) is 2. The summed E-state index contributed by atoms with van der Waals surface area (Å²) in [6.07, 6.45) is 18.9. The van der Waals surface area contributed by atoms with Crippen molar-refractivity contribution >= 4 is 17.8 Å². The minimum absolute atomic E-state index is 0.520. The number of nitrogens with zero attached hydrogens (tertiary/aromatic N) is 2. The quantitative estimate of drug-likeness (QED) is 0.582. The lowest BCUT2D eigenvalue weighted by Crippen LogP contribution is -2.35. The molecule has 29 heavy (non-hydrogen) atoms. The zero-order valence-electron chi connectivity index (χ0n) is 16.7. The zero-order valence-corrected chi connectivity index (χ0v) is 17.5. The summed E-state index contributed by atoms with van der Waals surface area (Å²) >= 11 is 6.12. The number of aliphatic imine (C=N–C) groups is 1. The van der Waals surface area contributed by atoms with Crippen LogP contribution in [0.4, 0.5) is 0 Å². The van der Waals surface area contributed by atoms with Crippen LogP contribution in [0, 0.1) is 17.8 Å². The van der Waals surface area contributed by atoms with Gasteiger partial charge >= 0.3 is 0 Å². The standard InChI is InChI=1S/C26H27ClN2/c27-20-9-5-17(6-10-20)15-19-8-12-22-23-16-28-14-13-25(23)29-24-4-2-1-3-18(24)7-11-21(19)26(22)29/h1,3,5-7,9-10,13-14,19,22-24H,2,4,8,11-12,15-16H2/t19?,22-,23-,24?/m1/s1. The fourth-order valence-electron chi connectivity index (χ4n) is 6.33. The lowest BCUT2D eigenvalue weighted by atomic mass is 9.73. The fourth-order valence-corrected chi connectivity index (χ4v) is 6.45. The van der Waals surface area contributed by atoms with Crippen LogP contribution in [0.15, 0.2) is 76.1 Å². The Kier molecular flexibility index (Phi) is 4.30. The summed E-state index contributed by atoms with van der Waals surface area (Å²) in [4.78, 5) is 7.43. The van der Waals surface area contributed by atoms with E-state index in [0.29, 0.717) is 23.8 Å². The molecule has 4 atom stereocenters. The van der Waals surface area contributed by atoms with Crippen LogP contribution in [-0.2, 0) is 6.42 Å². The van der Waals surface area contributed by atoms with Crippen molar-refractivity contribution in [3.63, 3.8) is 0 Å². The Balaban J connectivity index is 1.44. The molecule has 3 heteroatoms. The summed E-state index contributed by atoms with van der Waals surface area (Å²) < 4.78 is 0. The average molecular weight is 403 g/mol. The first-order valence-electron chi connectivity index (χ1n) is 11.1. The average Bonchev–Trinajstić information content (AvgIpc) is 2.98. The van der Waals surface area contributed by atoms with E-state index in [1.54, 1.807) is 11.3 Å². The van der Waals surface area contributed by atoms with Crippen LogP contribution in [0.2, 0.25) is 5.02 Å². The van der Waals surface area contributed by atoms with Gasteiger partial charge < -0.3 is 4.90 Å². The predicted octanol–water partition coefficient (Wildman–Crippen LogP) is 6.11. The molecule has 2 aliphatic carbocycles. The molecule has 0 N–H and O–H groups in total. The lowest BCUT2D eigenvalue weighted by molar-refractivity contribution is 0.318. The molecule has 1 aromatic rings. The monoisotopic (exact) mass is 402 g/mol. The zero-order chi connectivity index (χ0) is 19.4. The highest BCUT2D eigenvalue weighted by Crippen LogP contribution is 2.55. The molecular formula is C26H27ClN2. The summed E-state index contributed by atoms with van der Waals surface area (Å²) in [5.74, 6) is 1.88. The molecular weight excluding hydrogens is 376 g/mol. The van der Waals surface area contributed by atoms with Gasteiger partial charge in [-0.05, 0) is 79.4 Å². The van der Waals surface area contributed by atoms with Crippen LogP contribution in [0.25, 0.3) is 0 Å². The van der Waals surface area contributed by atoms with E-state index < -0.39 is 0 Å². The van der Waals surface area contributed by atoms with Crippen LogP contribution in [-0.4, -0.2) is 23.7 Å². The molecule has 0 aromatic heterocycles. The first kappa shape index (κ1) is 17.8. The molecule has 0 radical (unpaired) electrons. The minimum Gasteiger partial charge on any atom is -0.341 e. The molecule has 0 bridgehead atoms. The first-order chi connectivity index (χ1) is 14.3. The maximum Gasteiger partial charge on any atom is 0.0585 e. The van der Waals surface area contributed by atoms with Crippen molar-refractivity contribution in [3.05, 3.63) is 81.7 Å². The van der Waals surface area contributed by atoms with Gasteiger partial charge in [-0.25, -0.2) is 0 Å². The summed E-state index contributed by atoms with van der Waals surface area (Å²) in [6, 6.07) is 9.01. The number of hydrogen-bond donors (Lipinski definition) is 0. The number of benzene rings is 1. The summed E-state index contributed by atoms with van der Waals surface area (Å²) in [5, 5.41) is 0.826. The maximum absolute atomic E-state index is 6.12. The van der Waals surface area contributed by atoms with Gasteiger partial charge in [0.1, 0.15) is 0 Å². The smallest absolute Gasteiger partial charge is 0.0585 e. The Bertz CT molecular complexity index is 978. The highest BCUT2D eigenvalue weighted by Gasteiger charge is 2.49. The van der Waals surface area contributed by atoms with E-state index in [4.69, 9.17) is 11.6 Å². The SMILES string of the molecule is Clc1ccc(CC2CC[C@H]3C4=C2CC=C2C=CCCC2N4C2=CC=NC[C@@H]23)cc1. The van der Waals surface area contributed by atoms with Gasteiger partial charge in [-0.2, -0.15) is 0 Å². The van der Waals surface area contributed by atoms with Gasteiger partial charge in [-0.15, -0.1) is 0 Å². The van der Waals surface area contributed by atoms with Gasteiger partial charge in [0.05, 0.1) is 6.04 Å². The third-order valence-corrected chi connectivity index (χ3v) is 7.87. The predicted molar refractivity (Wildman–Crippen MR) is 120 cm³/mol. The van der Waals surface area contributed by atoms with Crippen molar-refractivity contribution < 1.29 is 0 Å². The summed E-state index contributed by atoms with van der Waals surface area (Å²) in [7, 11) is 0. The molecule has 1 saturated heterocycles. The van der Waals surface area contributed by atoms with Crippen LogP contribution in [0.3, 0.4) is 0 Å². The topological polar surface area (TPSA) is 15.6 Å². The first-order valence-corrected chi connectivity index (χ1v) is 11.5. The Morgan fingerprint density at radius 1 is 1.07 bits per heavy atom. The van der Waals surface area contributed by atoms with E-state index in [-0.39, 0.29) is 0 Å². The van der Waals surface area contributed by atoms with Gasteiger partial charge in [-0.3, -0.25) is 4.99 Å². The Morgan fingerprint density at radius 2 is 1.97 bits per heavy atom. The number of dihydropyridines is 1. The molecule has 0 saturated carbocycles. The second-order valence-corrected chi connectivity index (χ2v) is 9.54. The van der Waals surface area contributed by atoms with Crippen molar-refractivity contribution in [1.82, 2.24) is 4.90 Å². The van der Waals surface area contributed by atoms with Gasteiger partial charge in [0.15, 0.2) is 0 Å². The van der Waals surface area contributed by atoms with Crippen LogP contribution in [0.1, 0.15) is 37.7 Å². The van der Waals surface area contributed by atoms with Gasteiger partial charge in [0.25, 0.3) is 0 Å².